The Bertz CT molecular complexity index is 2640. The number of methoxy groups -OCH3 is 2. The van der Waals surface area contributed by atoms with Crippen molar-refractivity contribution in [3.8, 4) is 22.3 Å². The molecule has 2 aromatic heterocycles. The van der Waals surface area contributed by atoms with Crippen molar-refractivity contribution in [3.63, 3.8) is 0 Å². The van der Waals surface area contributed by atoms with Crippen molar-refractivity contribution in [2.45, 2.75) is 12.8 Å². The molecule has 345 valence electrons. The van der Waals surface area contributed by atoms with Gasteiger partial charge in [-0.2, -0.15) is 0 Å². The van der Waals surface area contributed by atoms with Gasteiger partial charge in [0.2, 0.25) is 0 Å². The largest absolute Gasteiger partial charge is 0.0622 e. The van der Waals surface area contributed by atoms with Gasteiger partial charge in [0.15, 0.2) is 0 Å². The summed E-state index contributed by atoms with van der Waals surface area (Å²) in [4.78, 5) is 30.2. The van der Waals surface area contributed by atoms with Gasteiger partial charge in [-0.15, -0.1) is 0 Å². The number of pyridine rings is 2. The fourth-order valence-corrected chi connectivity index (χ4v) is 9.33. The molecular formula is C48H35Cl6F4N2O4PRh. The molecular weight excluding hydrogens is 1090 g/mol. The van der Waals surface area contributed by atoms with Gasteiger partial charge in [-0.25, -0.2) is 32.3 Å². The molecule has 18 heteroatoms. The standard InChI is InChI=1S/C18H15P.C15H11Cl2F2NO2.C15H9Cl2F2NO2.2ClH.Rh/c1-4-10-16(11-5-1)19(17-12-6-2-7-13-17)18-14-8-3-9-15-18;2*1-22-14(21)5-4-10-11(7-13(16)20-15(10)17)9-3-2-8(18)6-12(9)19;;;/h1-15H;2-3,6-7H,4-5H2,1H3;2-7H,1H3;2*1H;/q;;;;;+2/p-2/b;;5-4+;;;. The molecule has 0 fully saturated rings. The maximum absolute atomic E-state index is 14.0. The molecule has 0 aliphatic rings. The van der Waals surface area contributed by atoms with Crippen LogP contribution in [0.25, 0.3) is 28.3 Å². The maximum Gasteiger partial charge on any atom is -0.0134 e. The number of esters is 2. The molecule has 7 rings (SSSR count). The second kappa shape index (κ2) is 28.0. The SMILES string of the molecule is COC(=O)/C=C/c1c(-c2ccc(F)cc2F)cc(Cl)nc1Cl.COC(=O)CCc1c(-c2ccc(F)cc2F)cc(Cl)nc1Cl.[Cl][Rh][Cl].c1ccc(P(c2ccccc2)c2ccccc2)cc1. The monoisotopic (exact) mass is 1120 g/mol. The van der Waals surface area contributed by atoms with Crippen LogP contribution < -0.4 is 15.9 Å². The second-order valence-corrected chi connectivity index (χ2v) is 19.2. The third-order valence-corrected chi connectivity index (χ3v) is 12.3. The zero-order valence-corrected chi connectivity index (χ0v) is 41.5. The van der Waals surface area contributed by atoms with Gasteiger partial charge < -0.3 is 9.47 Å². The Morgan fingerprint density at radius 1 is 0.591 bits per heavy atom. The van der Waals surface area contributed by atoms with Crippen molar-refractivity contribution in [2.75, 3.05) is 14.2 Å². The van der Waals surface area contributed by atoms with E-state index in [-0.39, 0.29) is 70.9 Å². The third kappa shape index (κ3) is 16.4. The molecule has 0 aliphatic carbocycles. The minimum absolute atomic E-state index is 0.0219. The van der Waals surface area contributed by atoms with Gasteiger partial charge in [-0.1, -0.05) is 137 Å². The maximum atomic E-state index is 14.0. The van der Waals surface area contributed by atoms with Crippen molar-refractivity contribution in [1.82, 2.24) is 9.97 Å². The van der Waals surface area contributed by atoms with E-state index in [0.717, 1.165) is 30.3 Å². The van der Waals surface area contributed by atoms with E-state index in [1.54, 1.807) is 0 Å². The molecule has 2 heterocycles. The van der Waals surface area contributed by atoms with Crippen LogP contribution in [0.15, 0.2) is 146 Å². The zero-order chi connectivity index (χ0) is 48.2. The van der Waals surface area contributed by atoms with E-state index in [2.05, 4.69) is 110 Å². The molecule has 0 saturated heterocycles. The summed E-state index contributed by atoms with van der Waals surface area (Å²) in [7, 11) is 11.7. The molecule has 66 heavy (non-hydrogen) atoms. The Morgan fingerprint density at radius 3 is 1.44 bits per heavy atom. The predicted molar refractivity (Wildman–Crippen MR) is 257 cm³/mol. The van der Waals surface area contributed by atoms with Crippen molar-refractivity contribution < 1.29 is 51.8 Å². The van der Waals surface area contributed by atoms with Gasteiger partial charge in [0.1, 0.15) is 43.9 Å². The first-order chi connectivity index (χ1) is 31.7. The molecule has 0 aliphatic heterocycles. The number of ether oxygens (including phenoxy) is 2. The van der Waals surface area contributed by atoms with E-state index < -0.39 is 43.1 Å². The first kappa shape index (κ1) is 54.2. The number of carbonyl (C=O) groups is 2. The minimum atomic E-state index is -0.786. The molecule has 0 unspecified atom stereocenters. The van der Waals surface area contributed by atoms with Gasteiger partial charge in [-0.05, 0) is 89.4 Å². The first-order valence-electron chi connectivity index (χ1n) is 18.9. The molecule has 0 saturated carbocycles. The summed E-state index contributed by atoms with van der Waals surface area (Å²) in [6.07, 6.45) is 2.69. The summed E-state index contributed by atoms with van der Waals surface area (Å²) in [6, 6.07) is 41.4. The number of hydrogen-bond donors (Lipinski definition) is 0. The van der Waals surface area contributed by atoms with Gasteiger partial charge in [-0.3, -0.25) is 4.79 Å². The molecule has 7 aromatic rings. The van der Waals surface area contributed by atoms with Crippen LogP contribution in [0.4, 0.5) is 17.6 Å². The summed E-state index contributed by atoms with van der Waals surface area (Å²) in [5.41, 5.74) is 1.57. The summed E-state index contributed by atoms with van der Waals surface area (Å²) in [5.74, 6) is -3.99. The summed E-state index contributed by atoms with van der Waals surface area (Å²) in [6.45, 7) is 0. The molecule has 0 N–H and O–H groups in total. The number of aromatic nitrogens is 2. The smallest absolute Gasteiger partial charge is 0.0134 e. The van der Waals surface area contributed by atoms with Gasteiger partial charge >= 0.3 is 46.5 Å². The van der Waals surface area contributed by atoms with Crippen molar-refractivity contribution in [2.24, 2.45) is 0 Å². The van der Waals surface area contributed by atoms with Crippen LogP contribution in [0, 0.1) is 23.3 Å². The van der Waals surface area contributed by atoms with Gasteiger partial charge in [0, 0.05) is 41.3 Å². The van der Waals surface area contributed by atoms with E-state index in [0.29, 0.717) is 11.1 Å². The quantitative estimate of drug-likeness (QED) is 0.0339. The van der Waals surface area contributed by atoms with Crippen LogP contribution in [0.2, 0.25) is 20.6 Å². The topological polar surface area (TPSA) is 78.4 Å². The van der Waals surface area contributed by atoms with Crippen LogP contribution >= 0.6 is 73.7 Å². The van der Waals surface area contributed by atoms with Crippen LogP contribution in [-0.2, 0) is 40.6 Å². The molecule has 0 bridgehead atoms. The number of carbonyl (C=O) groups excluding carboxylic acids is 2. The Hall–Kier alpha value is -4.41. The average Bonchev–Trinajstić information content (AvgIpc) is 3.30. The predicted octanol–water partition coefficient (Wildman–Crippen LogP) is 13.8. The van der Waals surface area contributed by atoms with Crippen molar-refractivity contribution >= 4 is 108 Å². The second-order valence-electron chi connectivity index (χ2n) is 13.0. The third-order valence-electron chi connectivity index (χ3n) is 8.90. The Balaban J connectivity index is 0.000000210. The van der Waals surface area contributed by atoms with E-state index >= 15 is 0 Å². The van der Waals surface area contributed by atoms with Crippen molar-refractivity contribution in [3.05, 3.63) is 201 Å². The summed E-state index contributed by atoms with van der Waals surface area (Å²) in [5, 5.41) is 4.35. The van der Waals surface area contributed by atoms with E-state index in [9.17, 15) is 27.2 Å². The number of hydrogen-bond acceptors (Lipinski definition) is 6. The normalized spacial score (nSPS) is 10.6. The number of nitrogens with zero attached hydrogens (tertiary/aromatic N) is 2. The van der Waals surface area contributed by atoms with Crippen LogP contribution in [0.3, 0.4) is 0 Å². The molecule has 6 nitrogen and oxygen atoms in total. The number of halogens is 10. The minimum Gasteiger partial charge on any atom is -0.0622 e. The molecule has 0 amide bonds. The Labute approximate surface area is 416 Å². The number of benzene rings is 5. The van der Waals surface area contributed by atoms with E-state index in [1.807, 2.05) is 0 Å². The summed E-state index contributed by atoms with van der Waals surface area (Å²) < 4.78 is 63.1. The Morgan fingerprint density at radius 2 is 1.02 bits per heavy atom. The van der Waals surface area contributed by atoms with Crippen LogP contribution in [0.5, 0.6) is 0 Å². The fraction of sp³-hybridized carbons (Fsp3) is 0.0833. The van der Waals surface area contributed by atoms with Gasteiger partial charge in [0.05, 0.1) is 14.2 Å². The molecule has 5 aromatic carbocycles. The molecule has 0 spiro atoms. The average molecular weight is 1130 g/mol. The zero-order valence-electron chi connectivity index (χ0n) is 34.4. The van der Waals surface area contributed by atoms with E-state index in [1.165, 1.54) is 60.5 Å². The molecule has 0 atom stereocenters. The summed E-state index contributed by atoms with van der Waals surface area (Å²) >= 11 is 23.5. The number of rotatable bonds is 10. The van der Waals surface area contributed by atoms with Crippen LogP contribution in [-0.4, -0.2) is 36.1 Å². The molecule has 0 radical (unpaired) electrons. The first-order valence-corrected chi connectivity index (χ1v) is 26.0. The fourth-order valence-electron chi connectivity index (χ4n) is 6.01. The van der Waals surface area contributed by atoms with Crippen LogP contribution in [0.1, 0.15) is 17.5 Å². The van der Waals surface area contributed by atoms with Crippen molar-refractivity contribution in [1.29, 1.82) is 0 Å². The van der Waals surface area contributed by atoms with E-state index in [4.69, 9.17) is 65.8 Å². The van der Waals surface area contributed by atoms with Gasteiger partial charge in [0.25, 0.3) is 0 Å². The Kier molecular flexibility index (Phi) is 23.0.